The molecule has 2 nitrogen and oxygen atoms in total. The lowest BCUT2D eigenvalue weighted by Crippen LogP contribution is -2.40. The van der Waals surface area contributed by atoms with Crippen LogP contribution in [0.3, 0.4) is 0 Å². The second kappa shape index (κ2) is 10.2. The molecule has 0 aromatic carbocycles. The van der Waals surface area contributed by atoms with Crippen molar-refractivity contribution in [3.8, 4) is 0 Å². The first kappa shape index (κ1) is 20.5. The maximum Gasteiger partial charge on any atom is 0.147 e. The fourth-order valence-electron chi connectivity index (χ4n) is 1.37. The Morgan fingerprint density at radius 3 is 1.95 bits per heavy atom. The largest absolute Gasteiger partial charge is 0.357 e. The molecule has 20 heavy (non-hydrogen) atoms. The van der Waals surface area contributed by atoms with E-state index in [1.165, 1.54) is 12.8 Å². The Balaban J connectivity index is 4.33. The summed E-state index contributed by atoms with van der Waals surface area (Å²) in [7, 11) is 5.26. The van der Waals surface area contributed by atoms with Gasteiger partial charge in [0.15, 0.2) is 0 Å². The maximum absolute atomic E-state index is 5.54. The van der Waals surface area contributed by atoms with Gasteiger partial charge in [-0.1, -0.05) is 44.7 Å². The standard InChI is InChI=1S/C14H28N2S4/c1-7-9-11-16(10-8-2)13(18)20-19-12(17)15(6)14(3,4)5/h7-11H2,1-6H3. The summed E-state index contributed by atoms with van der Waals surface area (Å²) in [5, 5.41) is 0. The molecule has 0 aliphatic carbocycles. The van der Waals surface area contributed by atoms with E-state index in [0.717, 1.165) is 28.2 Å². The molecule has 0 N–H and O–H groups in total. The van der Waals surface area contributed by atoms with Crippen LogP contribution in [-0.2, 0) is 0 Å². The van der Waals surface area contributed by atoms with Crippen LogP contribution in [0.1, 0.15) is 53.9 Å². The lowest BCUT2D eigenvalue weighted by atomic mass is 10.1. The molecule has 0 radical (unpaired) electrons. The van der Waals surface area contributed by atoms with Crippen LogP contribution in [0.25, 0.3) is 0 Å². The lowest BCUT2D eigenvalue weighted by molar-refractivity contribution is 0.291. The summed E-state index contributed by atoms with van der Waals surface area (Å²) in [5.41, 5.74) is 0.0532. The highest BCUT2D eigenvalue weighted by molar-refractivity contribution is 8.89. The Hall–Kier alpha value is 0.480. The molecule has 0 fully saturated rings. The minimum absolute atomic E-state index is 0.0532. The van der Waals surface area contributed by atoms with Crippen molar-refractivity contribution < 1.29 is 0 Å². The Morgan fingerprint density at radius 2 is 1.50 bits per heavy atom. The first-order valence-electron chi connectivity index (χ1n) is 7.15. The van der Waals surface area contributed by atoms with E-state index < -0.39 is 0 Å². The van der Waals surface area contributed by atoms with Gasteiger partial charge in [0.2, 0.25) is 0 Å². The highest BCUT2D eigenvalue weighted by Crippen LogP contribution is 2.30. The third-order valence-electron chi connectivity index (χ3n) is 3.00. The molecule has 0 saturated heterocycles. The van der Waals surface area contributed by atoms with Crippen molar-refractivity contribution in [3.63, 3.8) is 0 Å². The Morgan fingerprint density at radius 1 is 0.950 bits per heavy atom. The van der Waals surface area contributed by atoms with Crippen molar-refractivity contribution in [2.45, 2.75) is 59.4 Å². The molecule has 0 saturated carbocycles. The fraction of sp³-hybridized carbons (Fsp3) is 0.857. The van der Waals surface area contributed by atoms with E-state index in [9.17, 15) is 0 Å². The molecular weight excluding hydrogens is 324 g/mol. The summed E-state index contributed by atoms with van der Waals surface area (Å²) in [5.74, 6) is 0. The molecule has 0 rings (SSSR count). The monoisotopic (exact) mass is 352 g/mol. The van der Waals surface area contributed by atoms with Gasteiger partial charge in [0, 0.05) is 25.7 Å². The molecule has 0 aliphatic heterocycles. The Labute approximate surface area is 143 Å². The van der Waals surface area contributed by atoms with Crippen LogP contribution < -0.4 is 0 Å². The van der Waals surface area contributed by atoms with Gasteiger partial charge in [-0.25, -0.2) is 0 Å². The van der Waals surface area contributed by atoms with Crippen molar-refractivity contribution >= 4 is 54.7 Å². The van der Waals surface area contributed by atoms with Crippen LogP contribution in [0, 0.1) is 0 Å². The average Bonchev–Trinajstić information content (AvgIpc) is 2.38. The molecule has 0 unspecified atom stereocenters. The van der Waals surface area contributed by atoms with Gasteiger partial charge < -0.3 is 9.80 Å². The molecule has 0 bridgehead atoms. The third-order valence-corrected chi connectivity index (χ3v) is 6.76. The predicted octanol–water partition coefficient (Wildman–Crippen LogP) is 5.18. The zero-order valence-electron chi connectivity index (χ0n) is 13.6. The summed E-state index contributed by atoms with van der Waals surface area (Å²) in [6.07, 6.45) is 3.52. The molecule has 0 atom stereocenters. The van der Waals surface area contributed by atoms with E-state index in [2.05, 4.69) is 44.4 Å². The highest BCUT2D eigenvalue weighted by atomic mass is 33.1. The Kier molecular flexibility index (Phi) is 10.5. The molecule has 0 spiro atoms. The SMILES string of the molecule is CCCCN(CCC)C(=S)SSC(=S)N(C)C(C)(C)C. The summed E-state index contributed by atoms with van der Waals surface area (Å²) in [4.78, 5) is 4.43. The molecule has 0 aliphatic rings. The average molecular weight is 353 g/mol. The smallest absolute Gasteiger partial charge is 0.147 e. The predicted molar refractivity (Wildman–Crippen MR) is 105 cm³/mol. The summed E-state index contributed by atoms with van der Waals surface area (Å²) >= 11 is 11.0. The normalized spacial score (nSPS) is 11.3. The summed E-state index contributed by atoms with van der Waals surface area (Å²) in [6.45, 7) is 13.0. The topological polar surface area (TPSA) is 6.48 Å². The molecule has 0 aromatic rings. The van der Waals surface area contributed by atoms with Crippen LogP contribution in [-0.4, -0.2) is 44.1 Å². The maximum atomic E-state index is 5.54. The van der Waals surface area contributed by atoms with Gasteiger partial charge in [0.05, 0.1) is 0 Å². The lowest BCUT2D eigenvalue weighted by Gasteiger charge is -2.33. The van der Waals surface area contributed by atoms with Crippen molar-refractivity contribution in [1.29, 1.82) is 0 Å². The summed E-state index contributed by atoms with van der Waals surface area (Å²) < 4.78 is 1.84. The number of rotatable bonds is 5. The van der Waals surface area contributed by atoms with Gasteiger partial charge in [0.1, 0.15) is 8.64 Å². The first-order chi connectivity index (χ1) is 9.23. The molecule has 0 aromatic heterocycles. The number of nitrogens with zero attached hydrogens (tertiary/aromatic N) is 2. The number of thiocarbonyl (C=S) groups is 2. The zero-order valence-corrected chi connectivity index (χ0v) is 16.8. The van der Waals surface area contributed by atoms with E-state index >= 15 is 0 Å². The number of hydrogen-bond acceptors (Lipinski definition) is 4. The first-order valence-corrected chi connectivity index (χ1v) is 10.1. The van der Waals surface area contributed by atoms with E-state index in [4.69, 9.17) is 24.4 Å². The van der Waals surface area contributed by atoms with Gasteiger partial charge in [-0.05, 0) is 55.2 Å². The van der Waals surface area contributed by atoms with E-state index in [1.54, 1.807) is 21.6 Å². The second-order valence-corrected chi connectivity index (χ2v) is 9.17. The quantitative estimate of drug-likeness (QED) is 0.493. The number of unbranched alkanes of at least 4 members (excludes halogenated alkanes) is 1. The molecular formula is C14H28N2S4. The van der Waals surface area contributed by atoms with E-state index in [1.807, 2.05) is 7.05 Å². The van der Waals surface area contributed by atoms with Crippen LogP contribution in [0.4, 0.5) is 0 Å². The van der Waals surface area contributed by atoms with E-state index in [0.29, 0.717) is 0 Å². The van der Waals surface area contributed by atoms with Crippen molar-refractivity contribution in [2.24, 2.45) is 0 Å². The third kappa shape index (κ3) is 8.05. The van der Waals surface area contributed by atoms with Crippen LogP contribution in [0.5, 0.6) is 0 Å². The van der Waals surface area contributed by atoms with Crippen LogP contribution in [0.15, 0.2) is 0 Å². The highest BCUT2D eigenvalue weighted by Gasteiger charge is 2.21. The Bertz CT molecular complexity index is 313. The minimum atomic E-state index is 0.0532. The summed E-state index contributed by atoms with van der Waals surface area (Å²) in [6, 6.07) is 0. The van der Waals surface area contributed by atoms with Gasteiger partial charge in [0.25, 0.3) is 0 Å². The van der Waals surface area contributed by atoms with Gasteiger partial charge in [-0.2, -0.15) is 0 Å². The molecule has 6 heteroatoms. The molecule has 118 valence electrons. The zero-order chi connectivity index (χ0) is 15.8. The number of hydrogen-bond donors (Lipinski definition) is 0. The fourth-order valence-corrected chi connectivity index (χ4v) is 4.33. The van der Waals surface area contributed by atoms with Crippen LogP contribution >= 0.6 is 46.0 Å². The molecule has 0 heterocycles. The molecule has 0 amide bonds. The second-order valence-electron chi connectivity index (χ2n) is 5.77. The van der Waals surface area contributed by atoms with Crippen LogP contribution in [0.2, 0.25) is 0 Å². The van der Waals surface area contributed by atoms with Gasteiger partial charge >= 0.3 is 0 Å². The van der Waals surface area contributed by atoms with Crippen molar-refractivity contribution in [3.05, 3.63) is 0 Å². The van der Waals surface area contributed by atoms with Crippen molar-refractivity contribution in [2.75, 3.05) is 20.1 Å². The van der Waals surface area contributed by atoms with Gasteiger partial charge in [-0.15, -0.1) is 0 Å². The van der Waals surface area contributed by atoms with Gasteiger partial charge in [-0.3, -0.25) is 0 Å². The minimum Gasteiger partial charge on any atom is -0.357 e. The van der Waals surface area contributed by atoms with E-state index in [-0.39, 0.29) is 5.54 Å². The van der Waals surface area contributed by atoms with Crippen molar-refractivity contribution in [1.82, 2.24) is 9.80 Å².